The zero-order valence-electron chi connectivity index (χ0n) is 9.24. The third-order valence-corrected chi connectivity index (χ3v) is 7.53. The van der Waals surface area contributed by atoms with Gasteiger partial charge in [0.2, 0.25) is 0 Å². The Morgan fingerprint density at radius 2 is 1.50 bits per heavy atom. The molecule has 0 aliphatic carbocycles. The number of hydrogen-bond donors (Lipinski definition) is 0. The van der Waals surface area contributed by atoms with Crippen molar-refractivity contribution in [2.24, 2.45) is 0 Å². The molecule has 0 atom stereocenters. The Morgan fingerprint density at radius 3 is 2.00 bits per heavy atom. The number of unbranched alkanes of at least 4 members (excludes halogenated alkanes) is 4. The summed E-state index contributed by atoms with van der Waals surface area (Å²) in [4.78, 5) is 0. The molecule has 0 rings (SSSR count). The van der Waals surface area contributed by atoms with E-state index >= 15 is 0 Å². The van der Waals surface area contributed by atoms with Crippen LogP contribution in [0.25, 0.3) is 0 Å². The first-order valence-electron chi connectivity index (χ1n) is 5.31. The van der Waals surface area contributed by atoms with Crippen molar-refractivity contribution in [2.45, 2.75) is 64.7 Å². The van der Waals surface area contributed by atoms with Crippen LogP contribution in [-0.4, -0.2) is 16.6 Å². The highest BCUT2D eigenvalue weighted by atomic mass is 29.2. The molecule has 0 saturated carbocycles. The zero-order valence-corrected chi connectivity index (χ0v) is 11.2. The molecule has 0 aromatic heterocycles. The lowest BCUT2D eigenvalue weighted by molar-refractivity contribution is 0.655. The van der Waals surface area contributed by atoms with E-state index in [4.69, 9.17) is 0 Å². The lowest BCUT2D eigenvalue weighted by Crippen LogP contribution is -2.29. The molecule has 0 N–H and O–H groups in total. The van der Waals surface area contributed by atoms with Gasteiger partial charge in [-0.25, -0.2) is 0 Å². The molecule has 0 spiro atoms. The van der Waals surface area contributed by atoms with Crippen LogP contribution in [0.2, 0.25) is 25.7 Å². The minimum Gasteiger partial charge on any atom is -0.0719 e. The monoisotopic (exact) mass is 200 g/mol. The van der Waals surface area contributed by atoms with Crippen LogP contribution in [-0.2, 0) is 0 Å². The Balaban J connectivity index is 3.01. The molecule has 0 unspecified atom stereocenters. The van der Waals surface area contributed by atoms with Crippen molar-refractivity contribution in [1.29, 1.82) is 0 Å². The second-order valence-corrected chi connectivity index (χ2v) is 15.5. The van der Waals surface area contributed by atoms with Crippen molar-refractivity contribution in [2.75, 3.05) is 0 Å². The van der Waals surface area contributed by atoms with Gasteiger partial charge in [-0.2, -0.15) is 0 Å². The first kappa shape index (κ1) is 12.4. The topological polar surface area (TPSA) is 0 Å². The molecule has 0 nitrogen and oxygen atoms in total. The van der Waals surface area contributed by atoms with Crippen LogP contribution in [0.1, 0.15) is 39.0 Å². The Kier molecular flexibility index (Phi) is 7.15. The van der Waals surface area contributed by atoms with E-state index in [-0.39, 0.29) is 0 Å². The minimum atomic E-state index is -0.698. The van der Waals surface area contributed by atoms with E-state index in [2.05, 4.69) is 26.6 Å². The maximum absolute atomic E-state index is 2.48. The normalized spacial score (nSPS) is 12.0. The summed E-state index contributed by atoms with van der Waals surface area (Å²) >= 11 is 0. The smallest absolute Gasteiger partial charge is 0.0327 e. The molecule has 0 aliphatic rings. The molecule has 0 aromatic carbocycles. The highest BCUT2D eigenvalue weighted by Gasteiger charge is 2.12. The Hall–Kier alpha value is 0.434. The van der Waals surface area contributed by atoms with Crippen LogP contribution in [0.4, 0.5) is 0 Å². The molecule has 72 valence electrons. The molecule has 0 amide bonds. The molecule has 2 heteroatoms. The third kappa shape index (κ3) is 10.4. The highest BCUT2D eigenvalue weighted by molar-refractivity contribution is 7.23. The van der Waals surface area contributed by atoms with Crippen LogP contribution < -0.4 is 0 Å². The molecule has 0 aliphatic heterocycles. The second-order valence-electron chi connectivity index (χ2n) is 4.59. The van der Waals surface area contributed by atoms with Crippen molar-refractivity contribution < 1.29 is 0 Å². The molecule has 12 heavy (non-hydrogen) atoms. The van der Waals surface area contributed by atoms with Crippen LogP contribution >= 0.6 is 0 Å². The fourth-order valence-corrected chi connectivity index (χ4v) is 5.15. The van der Waals surface area contributed by atoms with Gasteiger partial charge in [0.25, 0.3) is 0 Å². The van der Waals surface area contributed by atoms with Gasteiger partial charge < -0.3 is 0 Å². The van der Waals surface area contributed by atoms with E-state index in [9.17, 15) is 0 Å². The van der Waals surface area contributed by atoms with Crippen molar-refractivity contribution in [3.05, 3.63) is 0 Å². The molecule has 0 fully saturated rings. The van der Waals surface area contributed by atoms with Gasteiger partial charge in [-0.15, -0.1) is 0 Å². The quantitative estimate of drug-likeness (QED) is 0.432. The first-order valence-corrected chi connectivity index (χ1v) is 11.0. The van der Waals surface area contributed by atoms with E-state index in [1.54, 1.807) is 0 Å². The summed E-state index contributed by atoms with van der Waals surface area (Å²) in [6.07, 6.45) is 7.24. The van der Waals surface area contributed by atoms with E-state index in [0.29, 0.717) is 0 Å². The van der Waals surface area contributed by atoms with Gasteiger partial charge in [-0.1, -0.05) is 64.7 Å². The Morgan fingerprint density at radius 1 is 0.917 bits per heavy atom. The maximum Gasteiger partial charge on any atom is 0.0327 e. The van der Waals surface area contributed by atoms with E-state index in [1.807, 2.05) is 0 Å². The molecule has 0 saturated heterocycles. The summed E-state index contributed by atoms with van der Waals surface area (Å²) in [7, 11) is 0.594. The molecular weight excluding hydrogens is 176 g/mol. The van der Waals surface area contributed by atoms with E-state index in [1.165, 1.54) is 47.2 Å². The fourth-order valence-electron chi connectivity index (χ4n) is 1.19. The van der Waals surface area contributed by atoms with Crippen molar-refractivity contribution in [1.82, 2.24) is 0 Å². The summed E-state index contributed by atoms with van der Waals surface area (Å²) in [5.74, 6) is 0. The lowest BCUT2D eigenvalue weighted by atomic mass is 10.2. The summed E-state index contributed by atoms with van der Waals surface area (Å²) < 4.78 is 0. The van der Waals surface area contributed by atoms with Gasteiger partial charge in [-0.3, -0.25) is 0 Å². The third-order valence-electron chi connectivity index (χ3n) is 1.94. The van der Waals surface area contributed by atoms with Gasteiger partial charge in [-0.05, 0) is 0 Å². The minimum absolute atomic E-state index is 0.698. The van der Waals surface area contributed by atoms with Crippen LogP contribution in [0.5, 0.6) is 0 Å². The SMILES string of the molecule is CCCCCCC[Si][Si](C)(C)C. The van der Waals surface area contributed by atoms with Crippen molar-refractivity contribution in [3.8, 4) is 0 Å². The summed E-state index contributed by atoms with van der Waals surface area (Å²) in [5.41, 5.74) is 0. The van der Waals surface area contributed by atoms with Gasteiger partial charge in [0.15, 0.2) is 0 Å². The molecule has 2 radical (unpaired) electrons. The summed E-state index contributed by atoms with van der Waals surface area (Å²) in [6.45, 7) is 9.73. The molecule has 0 bridgehead atoms. The van der Waals surface area contributed by atoms with Crippen LogP contribution in [0, 0.1) is 0 Å². The predicted octanol–water partition coefficient (Wildman–Crippen LogP) is 3.91. The maximum atomic E-state index is 2.48. The molecule has 0 aromatic rings. The number of hydrogen-bond acceptors (Lipinski definition) is 0. The van der Waals surface area contributed by atoms with Crippen LogP contribution in [0.15, 0.2) is 0 Å². The van der Waals surface area contributed by atoms with E-state index in [0.717, 1.165) is 0 Å². The standard InChI is InChI=1S/C10H24Si2/c1-5-6-7-8-9-10-11-12(2,3)4/h5-10H2,1-4H3. The Labute approximate surface area is 81.8 Å². The average molecular weight is 200 g/mol. The molecular formula is C10H24Si2. The summed E-state index contributed by atoms with van der Waals surface area (Å²) in [6, 6.07) is 1.51. The second kappa shape index (κ2) is 6.90. The summed E-state index contributed by atoms with van der Waals surface area (Å²) in [5, 5.41) is 0. The first-order chi connectivity index (χ1) is 5.56. The van der Waals surface area contributed by atoms with Crippen LogP contribution in [0.3, 0.4) is 0 Å². The van der Waals surface area contributed by atoms with E-state index < -0.39 is 7.59 Å². The lowest BCUT2D eigenvalue weighted by Gasteiger charge is -2.13. The number of rotatable bonds is 7. The largest absolute Gasteiger partial charge is 0.0719 e. The Bertz CT molecular complexity index is 94.5. The fraction of sp³-hybridized carbons (Fsp3) is 1.00. The highest BCUT2D eigenvalue weighted by Crippen LogP contribution is 2.08. The zero-order chi connectivity index (χ0) is 9.45. The van der Waals surface area contributed by atoms with Gasteiger partial charge >= 0.3 is 0 Å². The van der Waals surface area contributed by atoms with Crippen molar-refractivity contribution in [3.63, 3.8) is 0 Å². The average Bonchev–Trinajstić information content (AvgIpc) is 1.94. The predicted molar refractivity (Wildman–Crippen MR) is 62.7 cm³/mol. The van der Waals surface area contributed by atoms with Gasteiger partial charge in [0.1, 0.15) is 0 Å². The van der Waals surface area contributed by atoms with Gasteiger partial charge in [0.05, 0.1) is 0 Å². The molecule has 0 heterocycles. The van der Waals surface area contributed by atoms with Gasteiger partial charge in [0, 0.05) is 16.6 Å². The van der Waals surface area contributed by atoms with Crippen molar-refractivity contribution >= 4 is 16.6 Å².